The van der Waals surface area contributed by atoms with Gasteiger partial charge >= 0.3 is 0 Å². The maximum absolute atomic E-state index is 9.12. The highest BCUT2D eigenvalue weighted by Crippen LogP contribution is 2.19. The highest BCUT2D eigenvalue weighted by Gasteiger charge is 2.43. The average molecular weight is 360 g/mol. The Labute approximate surface area is 136 Å². The molecule has 144 valence electrons. The Hall–Kier alpha value is -0.480. The number of aliphatic hydroxyl groups is 10. The predicted molar refractivity (Wildman–Crippen MR) is 72.0 cm³/mol. The van der Waals surface area contributed by atoms with Crippen molar-refractivity contribution in [2.45, 2.75) is 61.4 Å². The van der Waals surface area contributed by atoms with Crippen LogP contribution in [0.15, 0.2) is 0 Å². The highest BCUT2D eigenvalue weighted by atomic mass is 16.6. The van der Waals surface area contributed by atoms with Crippen LogP contribution in [0.2, 0.25) is 0 Å². The molecule has 12 nitrogen and oxygen atoms in total. The molecule has 10 atom stereocenters. The zero-order valence-corrected chi connectivity index (χ0v) is 12.5. The summed E-state index contributed by atoms with van der Waals surface area (Å²) in [5.74, 6) is 0. The van der Waals surface area contributed by atoms with E-state index in [2.05, 4.69) is 9.47 Å². The van der Waals surface area contributed by atoms with Crippen molar-refractivity contribution in [1.82, 2.24) is 0 Å². The van der Waals surface area contributed by atoms with Gasteiger partial charge in [-0.3, -0.25) is 0 Å². The van der Waals surface area contributed by atoms with Crippen molar-refractivity contribution < 1.29 is 60.5 Å². The number of hydrogen-bond acceptors (Lipinski definition) is 12. The molecule has 0 bridgehead atoms. The first-order chi connectivity index (χ1) is 11.1. The maximum atomic E-state index is 9.12. The van der Waals surface area contributed by atoms with Crippen LogP contribution < -0.4 is 0 Å². The van der Waals surface area contributed by atoms with E-state index in [0.29, 0.717) is 0 Å². The highest BCUT2D eigenvalue weighted by molar-refractivity contribution is 4.88. The molecule has 0 amide bonds. The molecule has 2 aliphatic heterocycles. The van der Waals surface area contributed by atoms with Crippen LogP contribution in [-0.2, 0) is 9.47 Å². The Morgan fingerprint density at radius 2 is 0.750 bits per heavy atom. The molecule has 10 N–H and O–H groups in total. The van der Waals surface area contributed by atoms with Crippen molar-refractivity contribution in [1.29, 1.82) is 0 Å². The predicted octanol–water partition coefficient (Wildman–Crippen LogP) is -6.44. The van der Waals surface area contributed by atoms with Crippen molar-refractivity contribution in [2.75, 3.05) is 13.2 Å². The molecule has 2 rings (SSSR count). The fraction of sp³-hybridized carbons (Fsp3) is 1.00. The van der Waals surface area contributed by atoms with Crippen molar-refractivity contribution in [3.63, 3.8) is 0 Å². The molecular formula is C12H24O12. The first kappa shape index (κ1) is 21.6. The second kappa shape index (κ2) is 9.28. The van der Waals surface area contributed by atoms with Gasteiger partial charge in [-0.25, -0.2) is 0 Å². The van der Waals surface area contributed by atoms with Crippen LogP contribution >= 0.6 is 0 Å². The van der Waals surface area contributed by atoms with Crippen LogP contribution in [0.3, 0.4) is 0 Å². The number of rotatable bonds is 2. The van der Waals surface area contributed by atoms with Crippen LogP contribution in [-0.4, -0.2) is 126 Å². The lowest BCUT2D eigenvalue weighted by Crippen LogP contribution is -2.58. The summed E-state index contributed by atoms with van der Waals surface area (Å²) >= 11 is 0. The van der Waals surface area contributed by atoms with Gasteiger partial charge in [-0.2, -0.15) is 0 Å². The Morgan fingerprint density at radius 1 is 0.458 bits per heavy atom. The first-order valence-electron chi connectivity index (χ1n) is 7.12. The topological polar surface area (TPSA) is 221 Å². The molecule has 0 aromatic carbocycles. The van der Waals surface area contributed by atoms with Gasteiger partial charge in [-0.1, -0.05) is 0 Å². The molecule has 2 aliphatic rings. The molecular weight excluding hydrogens is 336 g/mol. The normalized spacial score (nSPS) is 49.2. The van der Waals surface area contributed by atoms with Crippen molar-refractivity contribution >= 4 is 0 Å². The van der Waals surface area contributed by atoms with Crippen LogP contribution in [0.25, 0.3) is 0 Å². The fourth-order valence-corrected chi connectivity index (χ4v) is 2.16. The van der Waals surface area contributed by atoms with Gasteiger partial charge in [-0.15, -0.1) is 0 Å². The lowest BCUT2D eigenvalue weighted by molar-refractivity contribution is -0.286. The molecule has 0 spiro atoms. The van der Waals surface area contributed by atoms with Crippen molar-refractivity contribution in [2.24, 2.45) is 0 Å². The van der Waals surface area contributed by atoms with Gasteiger partial charge in [0, 0.05) is 0 Å². The van der Waals surface area contributed by atoms with Gasteiger partial charge in [-0.05, 0) is 0 Å². The van der Waals surface area contributed by atoms with Gasteiger partial charge in [0.15, 0.2) is 12.6 Å². The van der Waals surface area contributed by atoms with E-state index in [1.165, 1.54) is 0 Å². The first-order valence-corrected chi connectivity index (χ1v) is 7.12. The van der Waals surface area contributed by atoms with E-state index in [0.717, 1.165) is 0 Å². The Balaban J connectivity index is 0.000000240. The summed E-state index contributed by atoms with van der Waals surface area (Å²) in [6, 6.07) is 0. The molecule has 24 heavy (non-hydrogen) atoms. The minimum absolute atomic E-state index is 0.526. The molecule has 2 saturated heterocycles. The molecule has 0 aliphatic carbocycles. The Kier molecular flexibility index (Phi) is 8.34. The average Bonchev–Trinajstić information content (AvgIpc) is 2.58. The third-order valence-electron chi connectivity index (χ3n) is 3.73. The van der Waals surface area contributed by atoms with Crippen LogP contribution in [0.1, 0.15) is 0 Å². The van der Waals surface area contributed by atoms with E-state index < -0.39 is 74.6 Å². The summed E-state index contributed by atoms with van der Waals surface area (Å²) in [6.45, 7) is -1.05. The molecule has 0 aromatic rings. The van der Waals surface area contributed by atoms with Crippen molar-refractivity contribution in [3.8, 4) is 0 Å². The summed E-state index contributed by atoms with van der Waals surface area (Å²) in [5, 5.41) is 89.3. The monoisotopic (exact) mass is 360 g/mol. The molecule has 2 fully saturated rings. The summed E-state index contributed by atoms with van der Waals surface area (Å²) in [4.78, 5) is 0. The molecule has 12 heteroatoms. The fourth-order valence-electron chi connectivity index (χ4n) is 2.16. The second-order valence-corrected chi connectivity index (χ2v) is 5.44. The van der Waals surface area contributed by atoms with Crippen molar-refractivity contribution in [3.05, 3.63) is 0 Å². The van der Waals surface area contributed by atoms with Crippen LogP contribution in [0.5, 0.6) is 0 Å². The zero-order chi connectivity index (χ0) is 18.6. The number of hydrogen-bond donors (Lipinski definition) is 10. The van der Waals surface area contributed by atoms with Gasteiger partial charge in [0.05, 0.1) is 13.2 Å². The van der Waals surface area contributed by atoms with Gasteiger partial charge in [0.2, 0.25) is 0 Å². The minimum Gasteiger partial charge on any atom is -0.394 e. The summed E-state index contributed by atoms with van der Waals surface area (Å²) in [6.07, 6.45) is -14.1. The Morgan fingerprint density at radius 3 is 1.00 bits per heavy atom. The summed E-state index contributed by atoms with van der Waals surface area (Å²) in [7, 11) is 0. The van der Waals surface area contributed by atoms with Gasteiger partial charge in [0.25, 0.3) is 0 Å². The Bertz CT molecular complexity index is 326. The summed E-state index contributed by atoms with van der Waals surface area (Å²) in [5.41, 5.74) is 0. The van der Waals surface area contributed by atoms with Gasteiger partial charge in [0.1, 0.15) is 48.8 Å². The number of aliphatic hydroxyl groups excluding tert-OH is 10. The van der Waals surface area contributed by atoms with E-state index in [-0.39, 0.29) is 0 Å². The van der Waals surface area contributed by atoms with Gasteiger partial charge < -0.3 is 60.5 Å². The summed E-state index contributed by atoms with van der Waals surface area (Å²) < 4.78 is 9.15. The lowest BCUT2D eigenvalue weighted by atomic mass is 10.00. The van der Waals surface area contributed by atoms with Crippen LogP contribution in [0, 0.1) is 0 Å². The second-order valence-electron chi connectivity index (χ2n) is 5.44. The standard InChI is InChI=1S/2C6H12O6/c2*7-1-2-3(8)4(9)5(10)6(11)12-2/h2*2-11H,1H2/t2-,3+,4+,5-,6+;2-,3+,4+,5-,6-/m11/s1. The van der Waals surface area contributed by atoms with E-state index in [9.17, 15) is 0 Å². The largest absolute Gasteiger partial charge is 0.394 e. The molecule has 0 unspecified atom stereocenters. The van der Waals surface area contributed by atoms with Crippen LogP contribution in [0.4, 0.5) is 0 Å². The molecule has 2 heterocycles. The zero-order valence-electron chi connectivity index (χ0n) is 12.5. The maximum Gasteiger partial charge on any atom is 0.184 e. The third-order valence-corrected chi connectivity index (χ3v) is 3.73. The lowest BCUT2D eigenvalue weighted by Gasteiger charge is -2.37. The minimum atomic E-state index is -1.57. The third kappa shape index (κ3) is 4.78. The number of ether oxygens (including phenoxy) is 2. The quantitative estimate of drug-likeness (QED) is 0.222. The smallest absolute Gasteiger partial charge is 0.184 e. The van der Waals surface area contributed by atoms with E-state index >= 15 is 0 Å². The van der Waals surface area contributed by atoms with E-state index in [1.807, 2.05) is 0 Å². The van der Waals surface area contributed by atoms with E-state index in [4.69, 9.17) is 51.1 Å². The molecule has 0 radical (unpaired) electrons. The SMILES string of the molecule is OC[C@H]1O[C@@H](O)[C@H](O)[C@@H](O)[C@H]1O.OC[C@H]1O[C@H](O)[C@H](O)[C@@H](O)[C@H]1O. The molecule has 0 saturated carbocycles. The molecule has 0 aromatic heterocycles. The van der Waals surface area contributed by atoms with E-state index in [1.54, 1.807) is 0 Å².